The van der Waals surface area contributed by atoms with Gasteiger partial charge in [0.1, 0.15) is 17.2 Å². The van der Waals surface area contributed by atoms with Crippen molar-refractivity contribution in [1.29, 1.82) is 0 Å². The number of carbonyl (C=O) groups excluding carboxylic acids is 2. The second-order valence-electron chi connectivity index (χ2n) is 6.59. The zero-order chi connectivity index (χ0) is 18.2. The number of benzene rings is 1. The van der Waals surface area contributed by atoms with Gasteiger partial charge in [-0.1, -0.05) is 18.2 Å². The van der Waals surface area contributed by atoms with E-state index in [0.29, 0.717) is 11.5 Å². The molecule has 134 valence electrons. The quantitative estimate of drug-likeness (QED) is 0.755. The molecule has 8 heteroatoms. The number of amides is 2. The second-order valence-corrected chi connectivity index (χ2v) is 7.70. The molecule has 2 fully saturated rings. The van der Waals surface area contributed by atoms with E-state index in [4.69, 9.17) is 4.74 Å². The van der Waals surface area contributed by atoms with E-state index in [-0.39, 0.29) is 23.7 Å². The van der Waals surface area contributed by atoms with E-state index in [9.17, 15) is 19.5 Å². The van der Waals surface area contributed by atoms with Crippen molar-refractivity contribution in [3.8, 4) is 5.75 Å². The molecule has 3 unspecified atom stereocenters. The number of β-lactam (4-membered cyclic amide) rings is 1. The summed E-state index contributed by atoms with van der Waals surface area (Å²) in [6, 6.07) is 8.35. The molecule has 0 aromatic heterocycles. The van der Waals surface area contributed by atoms with Gasteiger partial charge in [-0.15, -0.1) is 11.8 Å². The molecule has 0 saturated carbocycles. The van der Waals surface area contributed by atoms with Crippen LogP contribution in [-0.4, -0.2) is 57.6 Å². The van der Waals surface area contributed by atoms with Crippen LogP contribution in [0.3, 0.4) is 0 Å². The molecule has 1 aromatic rings. The van der Waals surface area contributed by atoms with E-state index in [1.54, 1.807) is 26.0 Å². The Hall–Kier alpha value is -2.22. The number of carbonyl (C=O) groups is 3. The lowest BCUT2D eigenvalue weighted by Crippen LogP contribution is -2.73. The number of carboxylic acids is 1. The number of aliphatic carboxylic acids is 1. The second kappa shape index (κ2) is 6.59. The number of para-hydroxylation sites is 1. The van der Waals surface area contributed by atoms with Crippen LogP contribution in [0, 0.1) is 5.41 Å². The molecule has 2 aliphatic heterocycles. The van der Waals surface area contributed by atoms with Crippen molar-refractivity contribution in [2.24, 2.45) is 5.41 Å². The van der Waals surface area contributed by atoms with Crippen molar-refractivity contribution in [3.63, 3.8) is 0 Å². The highest BCUT2D eigenvalue weighted by atomic mass is 32.2. The fourth-order valence-electron chi connectivity index (χ4n) is 2.86. The number of carboxylic acid groups (broad SMARTS) is 1. The van der Waals surface area contributed by atoms with Crippen molar-refractivity contribution in [3.05, 3.63) is 30.3 Å². The van der Waals surface area contributed by atoms with E-state index in [2.05, 4.69) is 5.32 Å². The first-order valence-electron chi connectivity index (χ1n) is 7.99. The van der Waals surface area contributed by atoms with Crippen LogP contribution in [0.5, 0.6) is 5.75 Å². The average Bonchev–Trinajstić information content (AvgIpc) is 2.60. The van der Waals surface area contributed by atoms with Crippen LogP contribution in [0.4, 0.5) is 0 Å². The molecular formula is C17H20N2O5S. The summed E-state index contributed by atoms with van der Waals surface area (Å²) >= 11 is 1.39. The molecule has 0 aliphatic carbocycles. The highest BCUT2D eigenvalue weighted by Gasteiger charge is 2.56. The number of hydrogen-bond acceptors (Lipinski definition) is 5. The first-order valence-corrected chi connectivity index (χ1v) is 9.04. The van der Waals surface area contributed by atoms with Gasteiger partial charge < -0.3 is 20.1 Å². The molecule has 2 aliphatic rings. The molecule has 2 heterocycles. The number of fused-ring (bicyclic) bond motifs is 1. The fraction of sp³-hybridized carbons (Fsp3) is 0.471. The SMILES string of the molecule is CC(Oc1ccccc1)C(=O)NC1C(=O)N2CC(C)(C(=O)O)CS[C@H]12. The minimum absolute atomic E-state index is 0.168. The normalized spacial score (nSPS) is 29.2. The molecule has 7 nitrogen and oxygen atoms in total. The van der Waals surface area contributed by atoms with Gasteiger partial charge in [0.2, 0.25) is 5.91 Å². The molecule has 4 atom stereocenters. The zero-order valence-corrected chi connectivity index (χ0v) is 14.8. The van der Waals surface area contributed by atoms with Crippen LogP contribution in [0.15, 0.2) is 30.3 Å². The Labute approximate surface area is 149 Å². The number of ether oxygens (including phenoxy) is 1. The van der Waals surface area contributed by atoms with Crippen molar-refractivity contribution in [1.82, 2.24) is 10.2 Å². The molecule has 1 aromatic carbocycles. The van der Waals surface area contributed by atoms with E-state index in [1.165, 1.54) is 16.7 Å². The Morgan fingerprint density at radius 3 is 2.72 bits per heavy atom. The highest BCUT2D eigenvalue weighted by molar-refractivity contribution is 8.00. The summed E-state index contributed by atoms with van der Waals surface area (Å²) in [6.07, 6.45) is -0.734. The Bertz CT molecular complexity index is 698. The molecule has 2 saturated heterocycles. The van der Waals surface area contributed by atoms with Crippen LogP contribution < -0.4 is 10.1 Å². The van der Waals surface area contributed by atoms with Crippen molar-refractivity contribution < 1.29 is 24.2 Å². The summed E-state index contributed by atoms with van der Waals surface area (Å²) in [5.41, 5.74) is -0.949. The molecule has 0 bridgehead atoms. The Morgan fingerprint density at radius 2 is 2.08 bits per heavy atom. The van der Waals surface area contributed by atoms with E-state index in [0.717, 1.165) is 0 Å². The van der Waals surface area contributed by atoms with E-state index in [1.807, 2.05) is 18.2 Å². The summed E-state index contributed by atoms with van der Waals surface area (Å²) in [4.78, 5) is 37.5. The van der Waals surface area contributed by atoms with Gasteiger partial charge in [0.15, 0.2) is 6.10 Å². The lowest BCUT2D eigenvalue weighted by molar-refractivity contribution is -0.158. The number of thioether (sulfide) groups is 1. The summed E-state index contributed by atoms with van der Waals surface area (Å²) in [7, 11) is 0. The molecule has 2 amide bonds. The average molecular weight is 364 g/mol. The smallest absolute Gasteiger partial charge is 0.312 e. The van der Waals surface area contributed by atoms with Crippen LogP contribution in [-0.2, 0) is 14.4 Å². The van der Waals surface area contributed by atoms with Crippen LogP contribution in [0.2, 0.25) is 0 Å². The predicted octanol–water partition coefficient (Wildman–Crippen LogP) is 0.945. The monoisotopic (exact) mass is 364 g/mol. The summed E-state index contributed by atoms with van der Waals surface area (Å²) in [5, 5.41) is 11.8. The number of hydrogen-bond donors (Lipinski definition) is 2. The number of nitrogens with one attached hydrogen (secondary N) is 1. The maximum Gasteiger partial charge on any atom is 0.312 e. The van der Waals surface area contributed by atoms with Gasteiger partial charge in [-0.3, -0.25) is 14.4 Å². The minimum Gasteiger partial charge on any atom is -0.481 e. The molecule has 3 rings (SSSR count). The molecule has 0 radical (unpaired) electrons. The lowest BCUT2D eigenvalue weighted by atomic mass is 9.89. The maximum atomic E-state index is 12.3. The van der Waals surface area contributed by atoms with Gasteiger partial charge in [0.05, 0.1) is 5.41 Å². The molecular weight excluding hydrogens is 344 g/mol. The van der Waals surface area contributed by atoms with Crippen LogP contribution in [0.1, 0.15) is 13.8 Å². The summed E-state index contributed by atoms with van der Waals surface area (Å²) < 4.78 is 5.56. The van der Waals surface area contributed by atoms with E-state index >= 15 is 0 Å². The standard InChI is InChI=1S/C17H20N2O5S/c1-10(24-11-6-4-3-5-7-11)13(20)18-12-14(21)19-8-17(2,16(22)23)9-25-15(12)19/h3-7,10,12,15H,8-9H2,1-2H3,(H,18,20)(H,22,23)/t10?,12?,15-,17?/m1/s1. The summed E-state index contributed by atoms with van der Waals surface area (Å²) in [6.45, 7) is 3.42. The van der Waals surface area contributed by atoms with Gasteiger partial charge in [-0.25, -0.2) is 0 Å². The van der Waals surface area contributed by atoms with E-state index < -0.39 is 23.5 Å². The Morgan fingerprint density at radius 1 is 1.40 bits per heavy atom. The molecule has 2 N–H and O–H groups in total. The van der Waals surface area contributed by atoms with Crippen molar-refractivity contribution in [2.45, 2.75) is 31.4 Å². The zero-order valence-electron chi connectivity index (χ0n) is 14.0. The third kappa shape index (κ3) is 3.30. The van der Waals surface area contributed by atoms with Gasteiger partial charge in [0, 0.05) is 12.3 Å². The molecule has 25 heavy (non-hydrogen) atoms. The third-order valence-electron chi connectivity index (χ3n) is 4.47. The Balaban J connectivity index is 1.57. The minimum atomic E-state index is -0.949. The first kappa shape index (κ1) is 17.6. The highest BCUT2D eigenvalue weighted by Crippen LogP contribution is 2.41. The number of rotatable bonds is 5. The fourth-order valence-corrected chi connectivity index (χ4v) is 4.35. The van der Waals surface area contributed by atoms with Crippen molar-refractivity contribution in [2.75, 3.05) is 12.3 Å². The largest absolute Gasteiger partial charge is 0.481 e. The lowest BCUT2D eigenvalue weighted by Gasteiger charge is -2.53. The van der Waals surface area contributed by atoms with Gasteiger partial charge in [-0.2, -0.15) is 0 Å². The third-order valence-corrected chi connectivity index (χ3v) is 6.14. The van der Waals surface area contributed by atoms with Gasteiger partial charge >= 0.3 is 5.97 Å². The van der Waals surface area contributed by atoms with Gasteiger partial charge in [-0.05, 0) is 26.0 Å². The molecule has 0 spiro atoms. The van der Waals surface area contributed by atoms with Crippen LogP contribution in [0.25, 0.3) is 0 Å². The topological polar surface area (TPSA) is 95.9 Å². The van der Waals surface area contributed by atoms with Crippen molar-refractivity contribution >= 4 is 29.5 Å². The van der Waals surface area contributed by atoms with Gasteiger partial charge in [0.25, 0.3) is 5.91 Å². The number of nitrogens with zero attached hydrogens (tertiary/aromatic N) is 1. The maximum absolute atomic E-state index is 12.3. The summed E-state index contributed by atoms with van der Waals surface area (Å²) in [5.74, 6) is -0.544. The first-order chi connectivity index (χ1) is 11.8. The predicted molar refractivity (Wildman–Crippen MR) is 92.2 cm³/mol. The Kier molecular flexibility index (Phi) is 4.64. The van der Waals surface area contributed by atoms with Crippen LogP contribution >= 0.6 is 11.8 Å².